The Bertz CT molecular complexity index is 658. The van der Waals surface area contributed by atoms with Gasteiger partial charge in [0.2, 0.25) is 5.43 Å². The number of nitrogens with zero attached hydrogens (tertiary/aromatic N) is 2. The van der Waals surface area contributed by atoms with Gasteiger partial charge in [0.1, 0.15) is 0 Å². The zero-order valence-corrected chi connectivity index (χ0v) is 14.3. The van der Waals surface area contributed by atoms with E-state index in [9.17, 15) is 9.59 Å². The summed E-state index contributed by atoms with van der Waals surface area (Å²) in [6, 6.07) is 0.00786. The van der Waals surface area contributed by atoms with Gasteiger partial charge in [0.05, 0.1) is 30.3 Å². The maximum absolute atomic E-state index is 12.8. The number of ether oxygens (including phenoxy) is 2. The van der Waals surface area contributed by atoms with E-state index in [1.807, 2.05) is 13.8 Å². The van der Waals surface area contributed by atoms with Gasteiger partial charge in [0, 0.05) is 6.20 Å². The molecular formula is C15H19BrN2O4. The normalized spacial score (nSPS) is 23.4. The van der Waals surface area contributed by atoms with Crippen molar-refractivity contribution in [2.45, 2.75) is 45.5 Å². The molecule has 0 saturated carbocycles. The summed E-state index contributed by atoms with van der Waals surface area (Å²) in [5, 5.41) is 0. The summed E-state index contributed by atoms with van der Waals surface area (Å²) < 4.78 is 13.5. The van der Waals surface area contributed by atoms with Crippen LogP contribution in [0, 0.1) is 0 Å². The molecule has 0 radical (unpaired) electrons. The van der Waals surface area contributed by atoms with Crippen LogP contribution in [0.25, 0.3) is 0 Å². The molecule has 0 unspecified atom stereocenters. The van der Waals surface area contributed by atoms with Gasteiger partial charge in [0.25, 0.3) is 5.91 Å². The molecule has 0 aliphatic carbocycles. The van der Waals surface area contributed by atoms with Crippen molar-refractivity contribution < 1.29 is 14.3 Å². The molecule has 1 amide bonds. The average Bonchev–Trinajstić information content (AvgIpc) is 2.85. The highest BCUT2D eigenvalue weighted by molar-refractivity contribution is 9.10. The van der Waals surface area contributed by atoms with Crippen LogP contribution in [0.15, 0.2) is 15.5 Å². The fourth-order valence-electron chi connectivity index (χ4n) is 2.88. The fourth-order valence-corrected chi connectivity index (χ4v) is 3.31. The highest BCUT2D eigenvalue weighted by Crippen LogP contribution is 2.30. The number of hydrogen-bond donors (Lipinski definition) is 0. The molecule has 3 heterocycles. The minimum atomic E-state index is -0.276. The Morgan fingerprint density at radius 1 is 1.45 bits per heavy atom. The second-order valence-corrected chi connectivity index (χ2v) is 6.54. The van der Waals surface area contributed by atoms with Gasteiger partial charge in [-0.15, -0.1) is 0 Å². The number of unbranched alkanes of at least 4 members (excludes halogenated alkanes) is 1. The lowest BCUT2D eigenvalue weighted by atomic mass is 10.1. The zero-order valence-electron chi connectivity index (χ0n) is 12.7. The number of amides is 1. The largest absolute Gasteiger partial charge is 0.487 e. The van der Waals surface area contributed by atoms with Gasteiger partial charge < -0.3 is 18.9 Å². The summed E-state index contributed by atoms with van der Waals surface area (Å²) >= 11 is 3.26. The van der Waals surface area contributed by atoms with E-state index in [0.717, 1.165) is 12.8 Å². The van der Waals surface area contributed by atoms with E-state index in [1.165, 1.54) is 0 Å². The average molecular weight is 371 g/mol. The smallest absolute Gasteiger partial charge is 0.276 e. The first kappa shape index (κ1) is 15.6. The van der Waals surface area contributed by atoms with Gasteiger partial charge in [-0.25, -0.2) is 0 Å². The van der Waals surface area contributed by atoms with Crippen molar-refractivity contribution >= 4 is 21.8 Å². The van der Waals surface area contributed by atoms with Crippen LogP contribution in [0.4, 0.5) is 0 Å². The van der Waals surface area contributed by atoms with Crippen LogP contribution in [0.1, 0.15) is 37.2 Å². The molecule has 2 atom stereocenters. The maximum atomic E-state index is 12.8. The molecule has 0 N–H and O–H groups in total. The Hall–Kier alpha value is -1.34. The second kappa shape index (κ2) is 6.04. The lowest BCUT2D eigenvalue weighted by Gasteiger charge is -2.34. The molecule has 0 aromatic carbocycles. The molecule has 1 aromatic heterocycles. The number of hydrogen-bond acceptors (Lipinski definition) is 4. The lowest BCUT2D eigenvalue weighted by Crippen LogP contribution is -2.48. The topological polar surface area (TPSA) is 60.8 Å². The van der Waals surface area contributed by atoms with Gasteiger partial charge in [-0.3, -0.25) is 9.59 Å². The van der Waals surface area contributed by atoms with Crippen LogP contribution in [0.2, 0.25) is 0 Å². The minimum absolute atomic E-state index is 0.00786. The summed E-state index contributed by atoms with van der Waals surface area (Å²) in [6.45, 7) is 5.45. The van der Waals surface area contributed by atoms with Crippen molar-refractivity contribution in [1.29, 1.82) is 0 Å². The summed E-state index contributed by atoms with van der Waals surface area (Å²) in [5.41, 5.74) is 0.0554. The third-order valence-corrected chi connectivity index (χ3v) is 4.61. The summed E-state index contributed by atoms with van der Waals surface area (Å²) in [6.07, 6.45) is 3.18. The zero-order chi connectivity index (χ0) is 15.9. The summed E-state index contributed by atoms with van der Waals surface area (Å²) in [4.78, 5) is 26.9. The Balaban J connectivity index is 2.05. The molecule has 2 aliphatic heterocycles. The van der Waals surface area contributed by atoms with E-state index in [2.05, 4.69) is 15.9 Å². The second-order valence-electron chi connectivity index (χ2n) is 5.69. The molecule has 22 heavy (non-hydrogen) atoms. The van der Waals surface area contributed by atoms with Gasteiger partial charge in [0.15, 0.2) is 17.7 Å². The van der Waals surface area contributed by atoms with Crippen molar-refractivity contribution in [3.8, 4) is 5.75 Å². The number of fused-ring (bicyclic) bond motifs is 2. The van der Waals surface area contributed by atoms with Crippen molar-refractivity contribution in [3.63, 3.8) is 0 Å². The molecule has 1 saturated heterocycles. The van der Waals surface area contributed by atoms with Gasteiger partial charge in [-0.2, -0.15) is 0 Å². The first-order valence-corrected chi connectivity index (χ1v) is 8.34. The Labute approximate surface area is 137 Å². The van der Waals surface area contributed by atoms with E-state index < -0.39 is 0 Å². The number of aromatic nitrogens is 1. The van der Waals surface area contributed by atoms with Gasteiger partial charge in [-0.1, -0.05) is 13.3 Å². The first-order valence-electron chi connectivity index (χ1n) is 7.54. The van der Waals surface area contributed by atoms with E-state index in [1.54, 1.807) is 15.7 Å². The molecule has 1 aromatic rings. The predicted octanol–water partition coefficient (Wildman–Crippen LogP) is 1.99. The minimum Gasteiger partial charge on any atom is -0.487 e. The third kappa shape index (κ3) is 2.46. The molecular weight excluding hydrogens is 352 g/mol. The van der Waals surface area contributed by atoms with Crippen molar-refractivity contribution in [3.05, 3.63) is 26.6 Å². The first-order chi connectivity index (χ1) is 10.5. The number of pyridine rings is 1. The Morgan fingerprint density at radius 2 is 2.23 bits per heavy atom. The quantitative estimate of drug-likeness (QED) is 0.760. The highest BCUT2D eigenvalue weighted by atomic mass is 79.9. The summed E-state index contributed by atoms with van der Waals surface area (Å²) in [7, 11) is 0. The molecule has 3 rings (SSSR count). The fraction of sp³-hybridized carbons (Fsp3) is 0.600. The van der Waals surface area contributed by atoms with Crippen LogP contribution >= 0.6 is 15.9 Å². The number of carbonyl (C=O) groups excluding carboxylic acids is 1. The van der Waals surface area contributed by atoms with Gasteiger partial charge >= 0.3 is 0 Å². The maximum Gasteiger partial charge on any atom is 0.276 e. The van der Waals surface area contributed by atoms with E-state index in [0.29, 0.717) is 29.9 Å². The van der Waals surface area contributed by atoms with Crippen LogP contribution in [0.5, 0.6) is 5.75 Å². The van der Waals surface area contributed by atoms with Crippen LogP contribution in [0.3, 0.4) is 0 Å². The van der Waals surface area contributed by atoms with Crippen molar-refractivity contribution in [2.75, 3.05) is 13.2 Å². The van der Waals surface area contributed by atoms with Crippen LogP contribution in [-0.4, -0.2) is 40.9 Å². The molecule has 6 nitrogen and oxygen atoms in total. The van der Waals surface area contributed by atoms with Crippen molar-refractivity contribution in [1.82, 2.24) is 9.47 Å². The number of carbonyl (C=O) groups is 1. The van der Waals surface area contributed by atoms with Crippen LogP contribution in [-0.2, 0) is 11.3 Å². The van der Waals surface area contributed by atoms with E-state index >= 15 is 0 Å². The third-order valence-electron chi connectivity index (χ3n) is 4.04. The highest BCUT2D eigenvalue weighted by Gasteiger charge is 2.42. The molecule has 120 valence electrons. The molecule has 7 heteroatoms. The Morgan fingerprint density at radius 3 is 2.95 bits per heavy atom. The SMILES string of the molecule is CCCCOc1c2n(cc(Br)c1=O)C[C@H]1OC[C@H](C)N1C2=O. The molecule has 2 aliphatic rings. The summed E-state index contributed by atoms with van der Waals surface area (Å²) in [5.74, 6) is -0.0530. The van der Waals surface area contributed by atoms with Crippen LogP contribution < -0.4 is 10.2 Å². The van der Waals surface area contributed by atoms with Gasteiger partial charge in [-0.05, 0) is 29.3 Å². The molecule has 0 bridgehead atoms. The number of rotatable bonds is 4. The lowest BCUT2D eigenvalue weighted by molar-refractivity contribution is 0.00613. The standard InChI is InChI=1S/C15H19BrN2O4/c1-3-4-5-21-14-12-15(20)18-9(2)8-22-11(18)7-17(12)6-10(16)13(14)19/h6,9,11H,3-5,7-8H2,1-2H3/t9-,11+/m0/s1. The van der Waals surface area contributed by atoms with E-state index in [4.69, 9.17) is 9.47 Å². The molecule has 0 spiro atoms. The van der Waals surface area contributed by atoms with E-state index in [-0.39, 0.29) is 29.4 Å². The molecule has 1 fully saturated rings. The monoisotopic (exact) mass is 370 g/mol. The Kier molecular flexibility index (Phi) is 4.27. The number of halogens is 1. The predicted molar refractivity (Wildman–Crippen MR) is 84.2 cm³/mol. The van der Waals surface area contributed by atoms with Crippen molar-refractivity contribution in [2.24, 2.45) is 0 Å².